The number of carbonyl (C=O) groups excluding carboxylic acids is 2. The predicted molar refractivity (Wildman–Crippen MR) is 124 cm³/mol. The van der Waals surface area contributed by atoms with Crippen molar-refractivity contribution in [3.8, 4) is 5.75 Å². The molecule has 0 radical (unpaired) electrons. The van der Waals surface area contributed by atoms with E-state index in [1.54, 1.807) is 53.4 Å². The summed E-state index contributed by atoms with van der Waals surface area (Å²) >= 11 is 11.8. The van der Waals surface area contributed by atoms with Crippen LogP contribution in [-0.4, -0.2) is 31.5 Å². The minimum Gasteiger partial charge on any atom is -0.484 e. The molecule has 160 valence electrons. The largest absolute Gasteiger partial charge is 0.484 e. The molecule has 0 spiro atoms. The summed E-state index contributed by atoms with van der Waals surface area (Å²) in [5.41, 5.74) is 1.34. The van der Waals surface area contributed by atoms with Crippen molar-refractivity contribution in [2.24, 2.45) is 0 Å². The van der Waals surface area contributed by atoms with Crippen molar-refractivity contribution in [1.82, 2.24) is 5.32 Å². The smallest absolute Gasteiger partial charge is 0.258 e. The van der Waals surface area contributed by atoms with Crippen LogP contribution in [0, 0.1) is 0 Å². The number of amides is 2. The monoisotopic (exact) mass is 456 g/mol. The Kier molecular flexibility index (Phi) is 8.33. The molecule has 0 saturated carbocycles. The van der Waals surface area contributed by atoms with Gasteiger partial charge in [-0.15, -0.1) is 0 Å². The Morgan fingerprint density at radius 1 is 0.839 bits per heavy atom. The second-order valence-corrected chi connectivity index (χ2v) is 7.62. The van der Waals surface area contributed by atoms with Crippen LogP contribution in [-0.2, 0) is 4.79 Å². The number of anilines is 1. The van der Waals surface area contributed by atoms with E-state index in [-0.39, 0.29) is 18.4 Å². The van der Waals surface area contributed by atoms with Crippen LogP contribution in [0.15, 0.2) is 78.9 Å². The summed E-state index contributed by atoms with van der Waals surface area (Å²) in [5.74, 6) is 0.217. The zero-order valence-corrected chi connectivity index (χ0v) is 18.3. The number of hydrogen-bond acceptors (Lipinski definition) is 3. The van der Waals surface area contributed by atoms with Gasteiger partial charge in [0.2, 0.25) is 0 Å². The molecule has 5 nitrogen and oxygen atoms in total. The highest BCUT2D eigenvalue weighted by atomic mass is 35.5. The van der Waals surface area contributed by atoms with Crippen molar-refractivity contribution in [3.05, 3.63) is 94.5 Å². The van der Waals surface area contributed by atoms with Crippen molar-refractivity contribution in [2.45, 2.75) is 6.42 Å². The molecule has 0 heterocycles. The number of halogens is 2. The number of para-hydroxylation sites is 1. The van der Waals surface area contributed by atoms with E-state index in [4.69, 9.17) is 27.9 Å². The summed E-state index contributed by atoms with van der Waals surface area (Å²) < 4.78 is 5.43. The van der Waals surface area contributed by atoms with E-state index < -0.39 is 0 Å². The Balaban J connectivity index is 1.52. The molecular weight excluding hydrogens is 435 g/mol. The lowest BCUT2D eigenvalue weighted by Gasteiger charge is -2.23. The summed E-state index contributed by atoms with van der Waals surface area (Å²) in [4.78, 5) is 26.8. The van der Waals surface area contributed by atoms with E-state index in [2.05, 4.69) is 5.32 Å². The molecule has 3 aromatic rings. The fourth-order valence-electron chi connectivity index (χ4n) is 2.90. The number of hydrogen-bond donors (Lipinski definition) is 1. The molecule has 31 heavy (non-hydrogen) atoms. The molecular formula is C24H22Cl2N2O3. The summed E-state index contributed by atoms with van der Waals surface area (Å²) in [6.45, 7) is 0.775. The summed E-state index contributed by atoms with van der Waals surface area (Å²) in [6, 6.07) is 23.0. The molecule has 3 aromatic carbocycles. The molecule has 0 aromatic heterocycles. The lowest BCUT2D eigenvalue weighted by Crippen LogP contribution is -2.35. The van der Waals surface area contributed by atoms with Gasteiger partial charge in [0.1, 0.15) is 5.75 Å². The van der Waals surface area contributed by atoms with Gasteiger partial charge in [0.15, 0.2) is 6.61 Å². The highest BCUT2D eigenvalue weighted by molar-refractivity contribution is 6.31. The maximum Gasteiger partial charge on any atom is 0.258 e. The number of nitrogens with one attached hydrogen (secondary N) is 1. The number of benzene rings is 3. The standard InChI is InChI=1S/C24H22Cl2N2O3/c25-19-9-7-18(8-10-19)24(30)28(21-5-2-1-3-6-21)16-4-15-27-23(29)17-31-22-13-11-20(26)12-14-22/h1-3,5-14H,4,15-17H2,(H,27,29). The van der Waals surface area contributed by atoms with Crippen molar-refractivity contribution in [1.29, 1.82) is 0 Å². The molecule has 1 N–H and O–H groups in total. The first kappa shape index (κ1) is 22.7. The van der Waals surface area contributed by atoms with E-state index in [0.29, 0.717) is 40.9 Å². The van der Waals surface area contributed by atoms with Crippen LogP contribution in [0.2, 0.25) is 10.0 Å². The number of nitrogens with zero attached hydrogens (tertiary/aromatic N) is 1. The van der Waals surface area contributed by atoms with Crippen molar-refractivity contribution in [2.75, 3.05) is 24.6 Å². The van der Waals surface area contributed by atoms with Gasteiger partial charge in [-0.3, -0.25) is 9.59 Å². The van der Waals surface area contributed by atoms with Gasteiger partial charge in [-0.2, -0.15) is 0 Å². The molecule has 0 aliphatic heterocycles. The molecule has 0 aliphatic rings. The third-order valence-electron chi connectivity index (χ3n) is 4.47. The fraction of sp³-hybridized carbons (Fsp3) is 0.167. The Labute approximate surface area is 191 Å². The molecule has 7 heteroatoms. The van der Waals surface area contributed by atoms with Gasteiger partial charge in [-0.25, -0.2) is 0 Å². The zero-order chi connectivity index (χ0) is 22.1. The first-order valence-electron chi connectivity index (χ1n) is 9.80. The Hall–Kier alpha value is -3.02. The summed E-state index contributed by atoms with van der Waals surface area (Å²) in [5, 5.41) is 3.99. The van der Waals surface area contributed by atoms with Gasteiger partial charge in [-0.05, 0) is 67.1 Å². The molecule has 0 bridgehead atoms. The van der Waals surface area contributed by atoms with Crippen LogP contribution in [0.25, 0.3) is 0 Å². The van der Waals surface area contributed by atoms with E-state index in [1.165, 1.54) is 0 Å². The predicted octanol–water partition coefficient (Wildman–Crippen LogP) is 5.23. The first-order chi connectivity index (χ1) is 15.0. The van der Waals surface area contributed by atoms with Gasteiger partial charge in [0.25, 0.3) is 11.8 Å². The second kappa shape index (κ2) is 11.4. The Morgan fingerprint density at radius 3 is 2.10 bits per heavy atom. The SMILES string of the molecule is O=C(COc1ccc(Cl)cc1)NCCCN(C(=O)c1ccc(Cl)cc1)c1ccccc1. The van der Waals surface area contributed by atoms with Gasteiger partial charge in [0.05, 0.1) is 0 Å². The van der Waals surface area contributed by atoms with Crippen LogP contribution in [0.1, 0.15) is 16.8 Å². The van der Waals surface area contributed by atoms with Crippen LogP contribution in [0.4, 0.5) is 5.69 Å². The summed E-state index contributed by atoms with van der Waals surface area (Å²) in [7, 11) is 0. The van der Waals surface area contributed by atoms with Gasteiger partial charge in [0, 0.05) is 34.4 Å². The molecule has 3 rings (SSSR count). The third-order valence-corrected chi connectivity index (χ3v) is 4.97. The molecule has 2 amide bonds. The molecule has 0 saturated heterocycles. The van der Waals surface area contributed by atoms with E-state index >= 15 is 0 Å². The third kappa shape index (κ3) is 7.02. The van der Waals surface area contributed by atoms with Crippen LogP contribution >= 0.6 is 23.2 Å². The molecule has 0 unspecified atom stereocenters. The average molecular weight is 457 g/mol. The van der Waals surface area contributed by atoms with E-state index in [9.17, 15) is 9.59 Å². The molecule has 0 aliphatic carbocycles. The van der Waals surface area contributed by atoms with Crippen LogP contribution in [0.3, 0.4) is 0 Å². The average Bonchev–Trinajstić information content (AvgIpc) is 2.79. The van der Waals surface area contributed by atoms with Gasteiger partial charge < -0.3 is 15.0 Å². The fourth-order valence-corrected chi connectivity index (χ4v) is 3.15. The maximum absolute atomic E-state index is 13.0. The minimum atomic E-state index is -0.231. The highest BCUT2D eigenvalue weighted by Gasteiger charge is 2.17. The van der Waals surface area contributed by atoms with Gasteiger partial charge >= 0.3 is 0 Å². The van der Waals surface area contributed by atoms with Crippen LogP contribution in [0.5, 0.6) is 5.75 Å². The first-order valence-corrected chi connectivity index (χ1v) is 10.6. The number of ether oxygens (including phenoxy) is 1. The number of carbonyl (C=O) groups is 2. The Bertz CT molecular complexity index is 994. The maximum atomic E-state index is 13.0. The quantitative estimate of drug-likeness (QED) is 0.448. The van der Waals surface area contributed by atoms with Crippen molar-refractivity contribution < 1.29 is 14.3 Å². The van der Waals surface area contributed by atoms with Crippen LogP contribution < -0.4 is 15.0 Å². The number of rotatable bonds is 9. The van der Waals surface area contributed by atoms with Crippen molar-refractivity contribution >= 4 is 40.7 Å². The van der Waals surface area contributed by atoms with E-state index in [0.717, 1.165) is 5.69 Å². The summed E-state index contributed by atoms with van der Waals surface area (Å²) in [6.07, 6.45) is 0.584. The topological polar surface area (TPSA) is 58.6 Å². The minimum absolute atomic E-state index is 0.0895. The normalized spacial score (nSPS) is 10.4. The molecule has 0 fully saturated rings. The van der Waals surface area contributed by atoms with Gasteiger partial charge in [-0.1, -0.05) is 41.4 Å². The lowest BCUT2D eigenvalue weighted by atomic mass is 10.1. The molecule has 0 atom stereocenters. The van der Waals surface area contributed by atoms with Crippen molar-refractivity contribution in [3.63, 3.8) is 0 Å². The Morgan fingerprint density at radius 2 is 1.45 bits per heavy atom. The second-order valence-electron chi connectivity index (χ2n) is 6.75. The zero-order valence-electron chi connectivity index (χ0n) is 16.8. The van der Waals surface area contributed by atoms with E-state index in [1.807, 2.05) is 30.3 Å². The highest BCUT2D eigenvalue weighted by Crippen LogP contribution is 2.19. The lowest BCUT2D eigenvalue weighted by molar-refractivity contribution is -0.123.